The van der Waals surface area contributed by atoms with Crippen molar-refractivity contribution in [1.82, 2.24) is 14.8 Å². The zero-order valence-corrected chi connectivity index (χ0v) is 8.34. The van der Waals surface area contributed by atoms with Crippen LogP contribution < -0.4 is 0 Å². The van der Waals surface area contributed by atoms with Crippen LogP contribution in [0.3, 0.4) is 0 Å². The molecule has 5 heteroatoms. The van der Waals surface area contributed by atoms with Gasteiger partial charge >= 0.3 is 0 Å². The number of carbonyl (C=O) groups is 1. The highest BCUT2D eigenvalue weighted by molar-refractivity contribution is 5.85. The predicted molar refractivity (Wildman–Crippen MR) is 54.7 cm³/mol. The first-order valence-corrected chi connectivity index (χ1v) is 4.65. The van der Waals surface area contributed by atoms with E-state index in [0.29, 0.717) is 17.8 Å². The zero-order valence-electron chi connectivity index (χ0n) is 8.34. The van der Waals surface area contributed by atoms with Crippen LogP contribution in [0, 0.1) is 6.92 Å². The molecule has 0 aliphatic rings. The molecule has 5 nitrogen and oxygen atoms in total. The van der Waals surface area contributed by atoms with Crippen molar-refractivity contribution in [3.8, 4) is 0 Å². The summed E-state index contributed by atoms with van der Waals surface area (Å²) in [6.45, 7) is 2.29. The zero-order chi connectivity index (χ0) is 10.8. The fraction of sp³-hybridized carbons (Fsp3) is 0.300. The van der Waals surface area contributed by atoms with Gasteiger partial charge in [-0.25, -0.2) is 9.67 Å². The Balaban J connectivity index is 2.63. The molecule has 0 atom stereocenters. The van der Waals surface area contributed by atoms with Gasteiger partial charge in [0.1, 0.15) is 0 Å². The van der Waals surface area contributed by atoms with Gasteiger partial charge < -0.3 is 5.11 Å². The maximum atomic E-state index is 10.6. The molecular weight excluding hydrogens is 194 g/mol. The molecule has 0 saturated carbocycles. The van der Waals surface area contributed by atoms with Gasteiger partial charge in [-0.2, -0.15) is 5.10 Å². The van der Waals surface area contributed by atoms with E-state index in [1.807, 2.05) is 6.92 Å². The first-order valence-electron chi connectivity index (χ1n) is 4.65. The third-order valence-corrected chi connectivity index (χ3v) is 2.24. The van der Waals surface area contributed by atoms with Crippen LogP contribution in [0.25, 0.3) is 11.0 Å². The number of aliphatic hydroxyl groups excluding tert-OH is 1. The SMILES string of the molecule is Cc1nn(CCO)c2ncc(C=O)cc12. The Bertz CT molecular complexity index is 505. The molecule has 0 saturated heterocycles. The molecule has 2 aromatic rings. The standard InChI is InChI=1S/C10H11N3O2/c1-7-9-4-8(6-15)5-11-10(9)13(12-7)2-3-14/h4-6,14H,2-3H2,1H3. The average Bonchev–Trinajstić information content (AvgIpc) is 2.56. The molecule has 78 valence electrons. The summed E-state index contributed by atoms with van der Waals surface area (Å²) >= 11 is 0. The Hall–Kier alpha value is -1.75. The largest absolute Gasteiger partial charge is 0.394 e. The maximum Gasteiger partial charge on any atom is 0.158 e. The van der Waals surface area contributed by atoms with Crippen LogP contribution in [0.2, 0.25) is 0 Å². The Kier molecular flexibility index (Phi) is 2.47. The van der Waals surface area contributed by atoms with E-state index in [2.05, 4.69) is 10.1 Å². The second-order valence-corrected chi connectivity index (χ2v) is 3.29. The molecule has 2 aromatic heterocycles. The number of aldehydes is 1. The topological polar surface area (TPSA) is 68.0 Å². The predicted octanol–water partition coefficient (Wildman–Crippen LogP) is 0.545. The molecule has 2 heterocycles. The van der Waals surface area contributed by atoms with Crippen molar-refractivity contribution >= 4 is 17.3 Å². The van der Waals surface area contributed by atoms with Crippen molar-refractivity contribution in [2.75, 3.05) is 6.61 Å². The molecule has 2 rings (SSSR count). The third-order valence-electron chi connectivity index (χ3n) is 2.24. The van der Waals surface area contributed by atoms with E-state index in [1.165, 1.54) is 6.20 Å². The van der Waals surface area contributed by atoms with Crippen molar-refractivity contribution in [1.29, 1.82) is 0 Å². The van der Waals surface area contributed by atoms with Crippen LogP contribution in [0.1, 0.15) is 16.1 Å². The molecule has 0 aliphatic carbocycles. The Morgan fingerprint density at radius 1 is 1.60 bits per heavy atom. The van der Waals surface area contributed by atoms with Crippen LogP contribution in [0.4, 0.5) is 0 Å². The lowest BCUT2D eigenvalue weighted by molar-refractivity contribution is 0.112. The molecule has 0 aliphatic heterocycles. The van der Waals surface area contributed by atoms with E-state index < -0.39 is 0 Å². The molecular formula is C10H11N3O2. The lowest BCUT2D eigenvalue weighted by atomic mass is 10.2. The number of hydrogen-bond donors (Lipinski definition) is 1. The van der Waals surface area contributed by atoms with E-state index in [1.54, 1.807) is 10.7 Å². The molecule has 0 radical (unpaired) electrons. The number of hydrogen-bond acceptors (Lipinski definition) is 4. The van der Waals surface area contributed by atoms with E-state index in [9.17, 15) is 4.79 Å². The highest BCUT2D eigenvalue weighted by atomic mass is 16.3. The summed E-state index contributed by atoms with van der Waals surface area (Å²) in [4.78, 5) is 14.7. The normalized spacial score (nSPS) is 10.8. The quantitative estimate of drug-likeness (QED) is 0.743. The summed E-state index contributed by atoms with van der Waals surface area (Å²) in [6.07, 6.45) is 2.26. The third kappa shape index (κ3) is 1.61. The first kappa shape index (κ1) is 9.79. The number of carbonyl (C=O) groups excluding carboxylic acids is 1. The highest BCUT2D eigenvalue weighted by Gasteiger charge is 2.08. The van der Waals surface area contributed by atoms with Gasteiger partial charge in [-0.3, -0.25) is 4.79 Å². The molecule has 0 spiro atoms. The number of aromatic nitrogens is 3. The van der Waals surface area contributed by atoms with Crippen LogP contribution in [0.15, 0.2) is 12.3 Å². The summed E-state index contributed by atoms with van der Waals surface area (Å²) in [5.41, 5.74) is 2.05. The minimum Gasteiger partial charge on any atom is -0.394 e. The smallest absolute Gasteiger partial charge is 0.158 e. The van der Waals surface area contributed by atoms with Crippen molar-refractivity contribution in [2.45, 2.75) is 13.5 Å². The fourth-order valence-electron chi connectivity index (χ4n) is 1.54. The van der Waals surface area contributed by atoms with Crippen molar-refractivity contribution < 1.29 is 9.90 Å². The lowest BCUT2D eigenvalue weighted by Crippen LogP contribution is -2.04. The summed E-state index contributed by atoms with van der Waals surface area (Å²) in [6, 6.07) is 1.76. The van der Waals surface area contributed by atoms with Gasteiger partial charge in [-0.05, 0) is 13.0 Å². The number of aliphatic hydroxyl groups is 1. The van der Waals surface area contributed by atoms with Gasteiger partial charge in [0.2, 0.25) is 0 Å². The van der Waals surface area contributed by atoms with Gasteiger partial charge in [0.05, 0.1) is 18.8 Å². The van der Waals surface area contributed by atoms with Crippen molar-refractivity contribution in [2.24, 2.45) is 0 Å². The van der Waals surface area contributed by atoms with Gasteiger partial charge in [0.25, 0.3) is 0 Å². The van der Waals surface area contributed by atoms with Crippen LogP contribution in [-0.2, 0) is 6.54 Å². The summed E-state index contributed by atoms with van der Waals surface area (Å²) < 4.78 is 1.64. The average molecular weight is 205 g/mol. The molecule has 0 fully saturated rings. The number of fused-ring (bicyclic) bond motifs is 1. The van der Waals surface area contributed by atoms with E-state index in [-0.39, 0.29) is 6.61 Å². The molecule has 1 N–H and O–H groups in total. The molecule has 0 aromatic carbocycles. The Labute approximate surface area is 86.4 Å². The number of nitrogens with zero attached hydrogens (tertiary/aromatic N) is 3. The summed E-state index contributed by atoms with van der Waals surface area (Å²) in [5.74, 6) is 0. The van der Waals surface area contributed by atoms with E-state index in [0.717, 1.165) is 17.4 Å². The second-order valence-electron chi connectivity index (χ2n) is 3.29. The molecule has 0 amide bonds. The number of aryl methyl sites for hydroxylation is 1. The molecule has 15 heavy (non-hydrogen) atoms. The highest BCUT2D eigenvalue weighted by Crippen LogP contribution is 2.16. The maximum absolute atomic E-state index is 10.6. The summed E-state index contributed by atoms with van der Waals surface area (Å²) in [5, 5.41) is 13.9. The van der Waals surface area contributed by atoms with E-state index >= 15 is 0 Å². The first-order chi connectivity index (χ1) is 7.26. The van der Waals surface area contributed by atoms with Crippen molar-refractivity contribution in [3.63, 3.8) is 0 Å². The Morgan fingerprint density at radius 3 is 3.07 bits per heavy atom. The monoisotopic (exact) mass is 205 g/mol. The van der Waals surface area contributed by atoms with Crippen LogP contribution in [0.5, 0.6) is 0 Å². The van der Waals surface area contributed by atoms with Crippen LogP contribution >= 0.6 is 0 Å². The van der Waals surface area contributed by atoms with Gasteiger partial charge in [-0.1, -0.05) is 0 Å². The minimum atomic E-state index is 0.0212. The van der Waals surface area contributed by atoms with Crippen LogP contribution in [-0.4, -0.2) is 32.8 Å². The molecule has 0 bridgehead atoms. The van der Waals surface area contributed by atoms with E-state index in [4.69, 9.17) is 5.11 Å². The summed E-state index contributed by atoms with van der Waals surface area (Å²) in [7, 11) is 0. The van der Waals surface area contributed by atoms with Gasteiger partial charge in [0, 0.05) is 17.1 Å². The Morgan fingerprint density at radius 2 is 2.40 bits per heavy atom. The minimum absolute atomic E-state index is 0.0212. The number of rotatable bonds is 3. The molecule has 0 unspecified atom stereocenters. The number of pyridine rings is 1. The fourth-order valence-corrected chi connectivity index (χ4v) is 1.54. The van der Waals surface area contributed by atoms with Gasteiger partial charge in [0.15, 0.2) is 11.9 Å². The van der Waals surface area contributed by atoms with Crippen molar-refractivity contribution in [3.05, 3.63) is 23.5 Å². The second kappa shape index (κ2) is 3.78. The lowest BCUT2D eigenvalue weighted by Gasteiger charge is -1.98. The van der Waals surface area contributed by atoms with Gasteiger partial charge in [-0.15, -0.1) is 0 Å².